The fraction of sp³-hybridized carbons (Fsp3) is 0.273. The van der Waals surface area contributed by atoms with Crippen molar-refractivity contribution in [2.24, 2.45) is 4.99 Å². The Morgan fingerprint density at radius 3 is 2.70 bits per heavy atom. The average molecular weight is 361 g/mol. The molecular formula is C22H23N3O2. The summed E-state index contributed by atoms with van der Waals surface area (Å²) in [7, 11) is 0. The molecule has 1 N–H and O–H groups in total. The van der Waals surface area contributed by atoms with Crippen molar-refractivity contribution in [2.45, 2.75) is 26.8 Å². The number of benzene rings is 2. The van der Waals surface area contributed by atoms with E-state index >= 15 is 0 Å². The molecule has 27 heavy (non-hydrogen) atoms. The summed E-state index contributed by atoms with van der Waals surface area (Å²) in [5.74, 6) is 0. The van der Waals surface area contributed by atoms with E-state index in [-0.39, 0.29) is 11.7 Å². The monoisotopic (exact) mass is 361 g/mol. The third-order valence-corrected chi connectivity index (χ3v) is 5.30. The van der Waals surface area contributed by atoms with Crippen LogP contribution in [0.4, 0.5) is 11.4 Å². The minimum Gasteiger partial charge on any atom is -0.422 e. The lowest BCUT2D eigenvalue weighted by Crippen LogP contribution is -2.22. The van der Waals surface area contributed by atoms with Crippen LogP contribution in [0, 0.1) is 6.92 Å². The van der Waals surface area contributed by atoms with Crippen molar-refractivity contribution in [1.29, 1.82) is 0 Å². The number of nitrogens with one attached hydrogen (secondary N) is 1. The highest BCUT2D eigenvalue weighted by Crippen LogP contribution is 2.35. The van der Waals surface area contributed by atoms with Crippen molar-refractivity contribution in [1.82, 2.24) is 0 Å². The van der Waals surface area contributed by atoms with Crippen LogP contribution in [0.25, 0.3) is 11.0 Å². The number of hydrogen-bond donors (Lipinski definition) is 1. The van der Waals surface area contributed by atoms with E-state index in [4.69, 9.17) is 4.42 Å². The molecule has 138 valence electrons. The Balaban J connectivity index is 1.88. The number of hydrogen-bond acceptors (Lipinski definition) is 5. The van der Waals surface area contributed by atoms with Gasteiger partial charge < -0.3 is 14.6 Å². The van der Waals surface area contributed by atoms with Gasteiger partial charge in [0.25, 0.3) is 0 Å². The summed E-state index contributed by atoms with van der Waals surface area (Å²) in [5, 5.41) is 4.09. The predicted octanol–water partition coefficient (Wildman–Crippen LogP) is 4.49. The van der Waals surface area contributed by atoms with E-state index in [1.807, 2.05) is 43.3 Å². The number of nitrogens with zero attached hydrogens (tertiary/aromatic N) is 2. The fourth-order valence-corrected chi connectivity index (χ4v) is 3.82. The zero-order chi connectivity index (χ0) is 19.0. The first-order chi connectivity index (χ1) is 13.1. The summed E-state index contributed by atoms with van der Waals surface area (Å²) in [6.45, 7) is 8.02. The molecule has 1 atom stereocenters. The molecule has 0 saturated carbocycles. The molecule has 5 heteroatoms. The molecule has 3 aromatic rings. The molecule has 0 amide bonds. The second kappa shape index (κ2) is 6.91. The molecule has 1 aliphatic rings. The highest BCUT2D eigenvalue weighted by atomic mass is 16.4. The Labute approximate surface area is 158 Å². The molecule has 0 fully saturated rings. The van der Waals surface area contributed by atoms with Crippen LogP contribution in [-0.2, 0) is 0 Å². The number of aliphatic imine (C=N–C) groups is 1. The standard InChI is InChI=1S/C22H23N3O2/c1-4-25(5-2)15-10-11-16-14(3)20(22(26)27-19(16)12-15)21-17-8-6-7-9-18(17)23-13-24-21/h6-13,21H,4-5H2,1-3H3,(H,23,24). The van der Waals surface area contributed by atoms with Gasteiger partial charge >= 0.3 is 5.63 Å². The number of rotatable bonds is 4. The second-order valence-corrected chi connectivity index (χ2v) is 6.69. The highest BCUT2D eigenvalue weighted by molar-refractivity contribution is 5.86. The molecule has 0 saturated heterocycles. The minimum absolute atomic E-state index is 0.324. The largest absolute Gasteiger partial charge is 0.422 e. The highest BCUT2D eigenvalue weighted by Gasteiger charge is 2.25. The van der Waals surface area contributed by atoms with Crippen LogP contribution in [0.15, 0.2) is 56.7 Å². The Bertz CT molecular complexity index is 1080. The average Bonchev–Trinajstić information content (AvgIpc) is 2.69. The lowest BCUT2D eigenvalue weighted by atomic mass is 9.93. The van der Waals surface area contributed by atoms with Gasteiger partial charge in [-0.3, -0.25) is 4.99 Å². The summed E-state index contributed by atoms with van der Waals surface area (Å²) in [5.41, 5.74) is 4.83. The third kappa shape index (κ3) is 2.89. The molecule has 2 aromatic carbocycles. The van der Waals surface area contributed by atoms with E-state index in [2.05, 4.69) is 35.1 Å². The van der Waals surface area contributed by atoms with Gasteiger partial charge in [0.05, 0.1) is 11.9 Å². The summed E-state index contributed by atoms with van der Waals surface area (Å²) < 4.78 is 5.75. The van der Waals surface area contributed by atoms with Crippen molar-refractivity contribution in [3.05, 3.63) is 69.6 Å². The topological polar surface area (TPSA) is 57.8 Å². The van der Waals surface area contributed by atoms with Crippen LogP contribution >= 0.6 is 0 Å². The van der Waals surface area contributed by atoms with Crippen molar-refractivity contribution in [3.63, 3.8) is 0 Å². The molecule has 2 heterocycles. The normalized spacial score (nSPS) is 15.4. The van der Waals surface area contributed by atoms with Gasteiger partial charge in [-0.25, -0.2) is 4.79 Å². The van der Waals surface area contributed by atoms with Crippen LogP contribution in [0.1, 0.15) is 36.6 Å². The van der Waals surface area contributed by atoms with E-state index in [1.54, 1.807) is 6.34 Å². The molecule has 0 radical (unpaired) electrons. The van der Waals surface area contributed by atoms with Gasteiger partial charge in [0.15, 0.2) is 0 Å². The summed E-state index contributed by atoms with van der Waals surface area (Å²) in [6.07, 6.45) is 1.65. The minimum atomic E-state index is -0.356. The maximum absolute atomic E-state index is 12.9. The predicted molar refractivity (Wildman–Crippen MR) is 111 cm³/mol. The van der Waals surface area contributed by atoms with E-state index in [9.17, 15) is 4.79 Å². The Kier molecular flexibility index (Phi) is 4.44. The smallest absolute Gasteiger partial charge is 0.342 e. The summed E-state index contributed by atoms with van der Waals surface area (Å²) in [6, 6.07) is 13.6. The zero-order valence-electron chi connectivity index (χ0n) is 15.8. The molecule has 1 unspecified atom stereocenters. The number of fused-ring (bicyclic) bond motifs is 2. The molecule has 0 spiro atoms. The van der Waals surface area contributed by atoms with Gasteiger partial charge in [-0.15, -0.1) is 0 Å². The second-order valence-electron chi connectivity index (χ2n) is 6.69. The maximum atomic E-state index is 12.9. The summed E-state index contributed by atoms with van der Waals surface area (Å²) in [4.78, 5) is 19.7. The van der Waals surface area contributed by atoms with Gasteiger partial charge in [0.2, 0.25) is 0 Å². The van der Waals surface area contributed by atoms with Crippen molar-refractivity contribution >= 4 is 28.7 Å². The third-order valence-electron chi connectivity index (χ3n) is 5.30. The quantitative estimate of drug-likeness (QED) is 0.696. The van der Waals surface area contributed by atoms with Crippen molar-refractivity contribution in [3.8, 4) is 0 Å². The van der Waals surface area contributed by atoms with E-state index < -0.39 is 0 Å². The summed E-state index contributed by atoms with van der Waals surface area (Å²) >= 11 is 0. The molecule has 1 aromatic heterocycles. The van der Waals surface area contributed by atoms with Gasteiger partial charge in [-0.1, -0.05) is 18.2 Å². The van der Waals surface area contributed by atoms with Crippen LogP contribution in [-0.4, -0.2) is 19.4 Å². The molecule has 0 bridgehead atoms. The van der Waals surface area contributed by atoms with Crippen LogP contribution in [0.5, 0.6) is 0 Å². The van der Waals surface area contributed by atoms with Crippen molar-refractivity contribution in [2.75, 3.05) is 23.3 Å². The van der Waals surface area contributed by atoms with Gasteiger partial charge in [-0.2, -0.15) is 0 Å². The number of anilines is 2. The first kappa shape index (κ1) is 17.3. The lowest BCUT2D eigenvalue weighted by Gasteiger charge is -2.23. The van der Waals surface area contributed by atoms with E-state index in [0.29, 0.717) is 11.1 Å². The lowest BCUT2D eigenvalue weighted by molar-refractivity contribution is 0.543. The maximum Gasteiger partial charge on any atom is 0.342 e. The van der Waals surface area contributed by atoms with Crippen LogP contribution < -0.4 is 15.8 Å². The number of para-hydroxylation sites is 1. The van der Waals surface area contributed by atoms with Gasteiger partial charge in [0, 0.05) is 41.5 Å². The fourth-order valence-electron chi connectivity index (χ4n) is 3.82. The number of aryl methyl sites for hydroxylation is 1. The first-order valence-corrected chi connectivity index (χ1v) is 9.33. The molecule has 0 aliphatic carbocycles. The zero-order valence-corrected chi connectivity index (χ0v) is 15.8. The molecular weight excluding hydrogens is 338 g/mol. The van der Waals surface area contributed by atoms with Crippen molar-refractivity contribution < 1.29 is 4.42 Å². The SMILES string of the molecule is CCN(CC)c1ccc2c(C)c(C3N=CNc4ccccc43)c(=O)oc2c1. The first-order valence-electron chi connectivity index (χ1n) is 9.33. The Morgan fingerprint density at radius 2 is 1.93 bits per heavy atom. The Hall–Kier alpha value is -3.08. The van der Waals surface area contributed by atoms with Crippen LogP contribution in [0.2, 0.25) is 0 Å². The van der Waals surface area contributed by atoms with E-state index in [1.165, 1.54) is 0 Å². The van der Waals surface area contributed by atoms with Crippen LogP contribution in [0.3, 0.4) is 0 Å². The molecule has 4 rings (SSSR count). The van der Waals surface area contributed by atoms with Gasteiger partial charge in [0.1, 0.15) is 11.6 Å². The molecule has 5 nitrogen and oxygen atoms in total. The molecule has 1 aliphatic heterocycles. The van der Waals surface area contributed by atoms with Gasteiger partial charge in [-0.05, 0) is 44.5 Å². The van der Waals surface area contributed by atoms with E-state index in [0.717, 1.165) is 41.0 Å². The Morgan fingerprint density at radius 1 is 1.15 bits per heavy atom.